The highest BCUT2D eigenvalue weighted by Crippen LogP contribution is 2.46. The van der Waals surface area contributed by atoms with E-state index in [-0.39, 0.29) is 58.6 Å². The number of nitrogens with zero attached hydrogens (tertiary/aromatic N) is 10. The van der Waals surface area contributed by atoms with E-state index < -0.39 is 36.3 Å². The minimum absolute atomic E-state index is 0.0230. The van der Waals surface area contributed by atoms with Crippen LogP contribution in [0.5, 0.6) is 0 Å². The molecule has 532 valence electrons. The molecule has 0 aliphatic rings. The molecule has 24 rings (SSSR count). The summed E-state index contributed by atoms with van der Waals surface area (Å²) in [5.74, 6) is 1.09. The number of aromatic nitrogens is 10. The molecular formula is C102H62N10O2. The Morgan fingerprint density at radius 1 is 0.202 bits per heavy atom. The third kappa shape index (κ3) is 10.4. The molecule has 16 aromatic carbocycles. The molecule has 0 amide bonds. The van der Waals surface area contributed by atoms with Crippen LogP contribution in [-0.2, 0) is 0 Å². The topological polar surface area (TPSA) is 123 Å². The molecule has 24 aromatic rings. The third-order valence-corrected chi connectivity index (χ3v) is 21.7. The van der Waals surface area contributed by atoms with Crippen molar-refractivity contribution >= 4 is 131 Å². The zero-order chi connectivity index (χ0) is 83.6. The molecule has 0 unspecified atom stereocenters. The summed E-state index contributed by atoms with van der Waals surface area (Å²) in [6, 6.07) is 103. The lowest BCUT2D eigenvalue weighted by Gasteiger charge is -2.11. The Morgan fingerprint density at radius 2 is 0.518 bits per heavy atom. The molecule has 0 spiro atoms. The summed E-state index contributed by atoms with van der Waals surface area (Å²) < 4.78 is 107. The van der Waals surface area contributed by atoms with Crippen LogP contribution in [-0.4, -0.2) is 48.2 Å². The van der Waals surface area contributed by atoms with E-state index in [0.29, 0.717) is 56.2 Å². The molecule has 0 aliphatic carbocycles. The first-order chi connectivity index (χ1) is 60.7. The number of furan rings is 2. The lowest BCUT2D eigenvalue weighted by atomic mass is 10.1. The number of hydrogen-bond donors (Lipinski definition) is 0. The van der Waals surface area contributed by atoms with Gasteiger partial charge in [-0.2, -0.15) is 0 Å². The Balaban J connectivity index is 0.000000143. The number of hydrogen-bond acceptors (Lipinski definition) is 8. The van der Waals surface area contributed by atoms with Gasteiger partial charge >= 0.3 is 0 Å². The van der Waals surface area contributed by atoms with Crippen LogP contribution in [0.25, 0.3) is 222 Å². The molecule has 8 heterocycles. The van der Waals surface area contributed by atoms with E-state index in [9.17, 15) is 0 Å². The SMILES string of the molecule is [2H]c1c([2H])c([2H])c(-c2nc(-c3ccccc3)nc(-c3ccc4c(c3)oc3cccc(-n5c6ccccc6c6cc7c(cc65)c5ccccc5n7-c5ccccc5)c34)n2)c([2H])c1[2H].[2H]c1c([2H])c([2H])c(-c2nc(-c3ccccc3)nc(-c3ccc4c(c3)oc3cccc(-n5c6ccccc6c6cc7c8ccccc8n(-c8ccccc8)c7cc65)c34)n2)c([2H])c1[2H]. The molecule has 0 bridgehead atoms. The van der Waals surface area contributed by atoms with E-state index in [1.165, 1.54) is 16.2 Å². The molecule has 114 heavy (non-hydrogen) atoms. The molecule has 12 nitrogen and oxygen atoms in total. The fourth-order valence-electron chi connectivity index (χ4n) is 16.7. The van der Waals surface area contributed by atoms with Crippen molar-refractivity contribution in [1.82, 2.24) is 48.2 Å². The minimum atomic E-state index is -0.486. The van der Waals surface area contributed by atoms with Gasteiger partial charge in [0.15, 0.2) is 34.9 Å². The van der Waals surface area contributed by atoms with E-state index in [0.717, 1.165) is 115 Å². The number of fused-ring (bicyclic) bond motifs is 18. The molecule has 0 fully saturated rings. The smallest absolute Gasteiger partial charge is 0.164 e. The predicted octanol–water partition coefficient (Wildman–Crippen LogP) is 25.9. The number of rotatable bonds is 10. The van der Waals surface area contributed by atoms with Gasteiger partial charge in [-0.25, -0.2) is 29.9 Å². The highest BCUT2D eigenvalue weighted by molar-refractivity contribution is 6.23. The standard InChI is InChI=1S/2C51H31N5O/c1-4-15-32(16-5-1)49-52-50(33-17-6-2-7-18-33)54-51(53-49)34-27-28-38-47(29-34)57-46-26-14-25-43(48(38)46)56-42-24-13-11-22-37(42)40-30-44-39(31-45(40)56)36-21-10-12-23-41(36)55(44)35-19-8-3-9-20-35;1-4-15-32(16-5-1)49-52-50(33-17-6-2-7-18-33)54-51(53-49)34-27-28-38-47(29-34)57-46-26-14-25-43(48(38)46)56-42-24-13-11-22-37(42)40-30-39-36-21-10-12-23-41(36)55(44(39)31-45(40)56)35-19-8-3-9-20-35/h2*1-31H/i2*1D,4D,5D,15D,16D. The second-order valence-electron chi connectivity index (χ2n) is 28.1. The van der Waals surface area contributed by atoms with Crippen LogP contribution in [0.1, 0.15) is 13.7 Å². The van der Waals surface area contributed by atoms with E-state index in [1.54, 1.807) is 0 Å². The van der Waals surface area contributed by atoms with Crippen LogP contribution in [0.3, 0.4) is 0 Å². The molecule has 0 aliphatic heterocycles. The summed E-state index contributed by atoms with van der Waals surface area (Å²) in [5.41, 5.74) is 18.0. The first-order valence-corrected chi connectivity index (χ1v) is 37.4. The highest BCUT2D eigenvalue weighted by atomic mass is 16.3. The van der Waals surface area contributed by atoms with E-state index in [1.807, 2.05) is 133 Å². The normalized spacial score (nSPS) is 13.1. The number of benzene rings is 16. The molecular weight excluding hydrogens is 1400 g/mol. The van der Waals surface area contributed by atoms with Crippen LogP contribution in [0.15, 0.2) is 385 Å². The Hall–Kier alpha value is -15.7. The molecule has 0 radical (unpaired) electrons. The van der Waals surface area contributed by atoms with Crippen molar-refractivity contribution < 1.29 is 22.5 Å². The lowest BCUT2D eigenvalue weighted by Crippen LogP contribution is -2.00. The average molecular weight is 1470 g/mol. The van der Waals surface area contributed by atoms with E-state index >= 15 is 0 Å². The van der Waals surface area contributed by atoms with Crippen molar-refractivity contribution in [3.63, 3.8) is 0 Å². The number of para-hydroxylation sites is 6. The van der Waals surface area contributed by atoms with E-state index in [2.05, 4.69) is 210 Å². The average Bonchev–Trinajstić information content (AvgIpc) is 1.55. The summed E-state index contributed by atoms with van der Waals surface area (Å²) >= 11 is 0. The van der Waals surface area contributed by atoms with Crippen LogP contribution in [0.2, 0.25) is 0 Å². The largest absolute Gasteiger partial charge is 0.456 e. The minimum Gasteiger partial charge on any atom is -0.456 e. The van der Waals surface area contributed by atoms with Crippen molar-refractivity contribution in [3.8, 4) is 91.1 Å². The maximum Gasteiger partial charge on any atom is 0.164 e. The summed E-state index contributed by atoms with van der Waals surface area (Å²) in [6.07, 6.45) is 0. The maximum atomic E-state index is 8.70. The van der Waals surface area contributed by atoms with Gasteiger partial charge in [0.05, 0.1) is 80.0 Å². The van der Waals surface area contributed by atoms with Crippen molar-refractivity contribution in [2.24, 2.45) is 0 Å². The summed E-state index contributed by atoms with van der Waals surface area (Å²) in [5, 5.41) is 13.0. The molecule has 0 N–H and O–H groups in total. The lowest BCUT2D eigenvalue weighted by molar-refractivity contribution is 0.668. The van der Waals surface area contributed by atoms with Gasteiger partial charge in [0.2, 0.25) is 0 Å². The predicted molar refractivity (Wildman–Crippen MR) is 464 cm³/mol. The zero-order valence-corrected chi connectivity index (χ0v) is 60.3. The van der Waals surface area contributed by atoms with Crippen molar-refractivity contribution in [2.75, 3.05) is 0 Å². The molecule has 0 atom stereocenters. The quantitative estimate of drug-likeness (QED) is 0.133. The van der Waals surface area contributed by atoms with Crippen molar-refractivity contribution in [3.05, 3.63) is 376 Å². The third-order valence-electron chi connectivity index (χ3n) is 21.7. The molecule has 0 saturated carbocycles. The summed E-state index contributed by atoms with van der Waals surface area (Å²) in [6.45, 7) is 0. The monoisotopic (exact) mass is 1470 g/mol. The van der Waals surface area contributed by atoms with Crippen LogP contribution in [0.4, 0.5) is 0 Å². The van der Waals surface area contributed by atoms with Gasteiger partial charge in [-0.15, -0.1) is 0 Å². The van der Waals surface area contributed by atoms with Crippen molar-refractivity contribution in [2.45, 2.75) is 0 Å². The summed E-state index contributed by atoms with van der Waals surface area (Å²) in [4.78, 5) is 28.5. The zero-order valence-electron chi connectivity index (χ0n) is 70.3. The fourth-order valence-corrected chi connectivity index (χ4v) is 16.7. The van der Waals surface area contributed by atoms with Gasteiger partial charge in [0, 0.05) is 98.6 Å². The van der Waals surface area contributed by atoms with Crippen LogP contribution in [0, 0.1) is 0 Å². The molecule has 12 heteroatoms. The Kier molecular flexibility index (Phi) is 12.5. The molecule has 8 aromatic heterocycles. The molecule has 0 saturated heterocycles. The van der Waals surface area contributed by atoms with Gasteiger partial charge in [0.25, 0.3) is 0 Å². The van der Waals surface area contributed by atoms with Crippen LogP contribution < -0.4 is 0 Å². The van der Waals surface area contributed by atoms with E-state index in [4.69, 9.17) is 42.5 Å². The van der Waals surface area contributed by atoms with Gasteiger partial charge in [-0.1, -0.05) is 255 Å². The van der Waals surface area contributed by atoms with Gasteiger partial charge in [0.1, 0.15) is 22.3 Å². The second-order valence-corrected chi connectivity index (χ2v) is 28.1. The highest BCUT2D eigenvalue weighted by Gasteiger charge is 2.26. The first-order valence-electron chi connectivity index (χ1n) is 42.4. The second kappa shape index (κ2) is 26.0. The van der Waals surface area contributed by atoms with Gasteiger partial charge < -0.3 is 27.1 Å². The van der Waals surface area contributed by atoms with Gasteiger partial charge in [-0.05, 0) is 121 Å². The van der Waals surface area contributed by atoms with Gasteiger partial charge in [-0.3, -0.25) is 0 Å². The summed E-state index contributed by atoms with van der Waals surface area (Å²) in [7, 11) is 0. The first kappa shape index (κ1) is 54.8. The van der Waals surface area contributed by atoms with Crippen molar-refractivity contribution in [1.29, 1.82) is 0 Å². The Morgan fingerprint density at radius 3 is 0.921 bits per heavy atom. The fraction of sp³-hybridized carbons (Fsp3) is 0. The Bertz CT molecular complexity index is 8580. The maximum absolute atomic E-state index is 8.70. The Labute approximate surface area is 665 Å². The van der Waals surface area contributed by atoms with Crippen LogP contribution >= 0.6 is 0 Å².